The normalized spacial score (nSPS) is 15.5. The van der Waals surface area contributed by atoms with Crippen molar-refractivity contribution in [1.29, 1.82) is 0 Å². The summed E-state index contributed by atoms with van der Waals surface area (Å²) in [4.78, 5) is 0. The monoisotopic (exact) mass is 211 g/mol. The van der Waals surface area contributed by atoms with E-state index in [-0.39, 0.29) is 5.91 Å². The quantitative estimate of drug-likeness (QED) is 0.585. The second-order valence-electron chi connectivity index (χ2n) is 3.45. The van der Waals surface area contributed by atoms with Crippen LogP contribution in [0.2, 0.25) is 6.55 Å². The zero-order chi connectivity index (χ0) is 10.6. The predicted molar refractivity (Wildman–Crippen MR) is 59.7 cm³/mol. The Morgan fingerprint density at radius 3 is 2.07 bits per heavy atom. The molecular weight excluding hydrogens is 194 g/mol. The minimum absolute atomic E-state index is 0.301. The van der Waals surface area contributed by atoms with Gasteiger partial charge in [-0.3, -0.25) is 0 Å². The van der Waals surface area contributed by atoms with Crippen LogP contribution in [0, 0.1) is 0 Å². The molecule has 0 bridgehead atoms. The van der Waals surface area contributed by atoms with Crippen LogP contribution in [0.5, 0.6) is 0 Å². The molecule has 0 aliphatic carbocycles. The number of benzene rings is 1. The lowest BCUT2D eigenvalue weighted by Crippen LogP contribution is -2.64. The largest absolute Gasteiger partial charge is 0.357 e. The number of methoxy groups -OCH3 is 2. The van der Waals surface area contributed by atoms with Crippen LogP contribution in [-0.4, -0.2) is 28.4 Å². The Kier molecular flexibility index (Phi) is 3.83. The van der Waals surface area contributed by atoms with Crippen molar-refractivity contribution >= 4 is 13.4 Å². The summed E-state index contributed by atoms with van der Waals surface area (Å²) in [5.41, 5.74) is 0. The highest BCUT2D eigenvalue weighted by Gasteiger charge is 2.35. The highest BCUT2D eigenvalue weighted by molar-refractivity contribution is 6.88. The van der Waals surface area contributed by atoms with Gasteiger partial charge in [-0.25, -0.2) is 0 Å². The average Bonchev–Trinajstić information content (AvgIpc) is 2.20. The summed E-state index contributed by atoms with van der Waals surface area (Å²) in [6.45, 7) is 2.03. The molecule has 0 radical (unpaired) electrons. The molecule has 78 valence electrons. The van der Waals surface area contributed by atoms with Crippen LogP contribution in [-0.2, 0) is 9.47 Å². The zero-order valence-electron chi connectivity index (χ0n) is 8.86. The van der Waals surface area contributed by atoms with Crippen LogP contribution >= 0.6 is 0 Å². The molecule has 1 aromatic rings. The van der Waals surface area contributed by atoms with Gasteiger partial charge in [-0.1, -0.05) is 30.3 Å². The summed E-state index contributed by atoms with van der Waals surface area (Å²) in [6.07, 6.45) is 0. The van der Waals surface area contributed by atoms with Gasteiger partial charge in [-0.05, 0) is 11.7 Å². The Balaban J connectivity index is 2.94. The molecule has 0 heterocycles. The van der Waals surface area contributed by atoms with E-state index >= 15 is 0 Å². The van der Waals surface area contributed by atoms with Crippen molar-refractivity contribution < 1.29 is 9.47 Å². The summed E-state index contributed by atoms with van der Waals surface area (Å²) in [5, 5.41) is 7.43. The van der Waals surface area contributed by atoms with Gasteiger partial charge in [0.15, 0.2) is 5.91 Å². The van der Waals surface area contributed by atoms with E-state index in [4.69, 9.17) is 14.9 Å². The summed E-state index contributed by atoms with van der Waals surface area (Å²) in [5.74, 6) is -0.301. The van der Waals surface area contributed by atoms with Crippen LogP contribution in [0.15, 0.2) is 30.3 Å². The van der Waals surface area contributed by atoms with Crippen LogP contribution in [0.3, 0.4) is 0 Å². The first-order valence-corrected chi connectivity index (χ1v) is 7.18. The van der Waals surface area contributed by atoms with Crippen molar-refractivity contribution in [3.05, 3.63) is 30.3 Å². The molecule has 0 spiro atoms. The van der Waals surface area contributed by atoms with Crippen molar-refractivity contribution in [3.63, 3.8) is 0 Å². The molecule has 1 rings (SSSR count). The molecule has 0 aliphatic heterocycles. The third kappa shape index (κ3) is 2.22. The molecule has 0 saturated carbocycles. The molecule has 0 saturated heterocycles. The second kappa shape index (κ2) is 4.70. The number of ether oxygens (including phenoxy) is 2. The minimum atomic E-state index is -2.15. The van der Waals surface area contributed by atoms with E-state index in [2.05, 4.69) is 0 Å². The maximum absolute atomic E-state index is 6.29. The van der Waals surface area contributed by atoms with Crippen molar-refractivity contribution in [2.75, 3.05) is 14.2 Å². The fourth-order valence-electron chi connectivity index (χ4n) is 1.52. The maximum atomic E-state index is 6.29. The fraction of sp³-hybridized carbons (Fsp3) is 0.400. The number of hydrogen-bond donors (Lipinski definition) is 1. The SMILES string of the molecule is COC(OC)[Si](C)(N)c1ccccc1. The van der Waals surface area contributed by atoms with E-state index in [1.807, 2.05) is 36.9 Å². The molecule has 0 aliphatic rings. The van der Waals surface area contributed by atoms with E-state index in [1.165, 1.54) is 0 Å². The predicted octanol–water partition coefficient (Wildman–Crippen LogP) is 0.586. The van der Waals surface area contributed by atoms with Crippen LogP contribution in [0.1, 0.15) is 0 Å². The number of rotatable bonds is 4. The first kappa shape index (κ1) is 11.4. The van der Waals surface area contributed by atoms with E-state index in [0.29, 0.717) is 0 Å². The van der Waals surface area contributed by atoms with Gasteiger partial charge >= 0.3 is 0 Å². The molecule has 1 atom stereocenters. The van der Waals surface area contributed by atoms with Gasteiger partial charge in [0.2, 0.25) is 8.24 Å². The summed E-state index contributed by atoms with van der Waals surface area (Å²) in [7, 11) is 1.09. The van der Waals surface area contributed by atoms with E-state index in [1.54, 1.807) is 14.2 Å². The van der Waals surface area contributed by atoms with E-state index in [9.17, 15) is 0 Å². The molecule has 14 heavy (non-hydrogen) atoms. The highest BCUT2D eigenvalue weighted by atomic mass is 28.3. The van der Waals surface area contributed by atoms with Gasteiger partial charge in [0.1, 0.15) is 0 Å². The van der Waals surface area contributed by atoms with Gasteiger partial charge in [-0.2, -0.15) is 0 Å². The average molecular weight is 211 g/mol. The minimum Gasteiger partial charge on any atom is -0.357 e. The third-order valence-corrected chi connectivity index (χ3v) is 5.34. The van der Waals surface area contributed by atoms with Crippen LogP contribution < -0.4 is 10.6 Å². The van der Waals surface area contributed by atoms with Crippen molar-refractivity contribution in [2.45, 2.75) is 12.5 Å². The first-order valence-electron chi connectivity index (χ1n) is 4.53. The second-order valence-corrected chi connectivity index (χ2v) is 7.07. The Morgan fingerprint density at radius 1 is 1.14 bits per heavy atom. The Hall–Kier alpha value is -0.683. The number of nitrogens with two attached hydrogens (primary N) is 1. The Morgan fingerprint density at radius 2 is 1.64 bits per heavy atom. The van der Waals surface area contributed by atoms with Gasteiger partial charge < -0.3 is 14.9 Å². The molecule has 0 aromatic heterocycles. The molecule has 4 heteroatoms. The Labute approximate surface area is 85.9 Å². The van der Waals surface area contributed by atoms with Gasteiger partial charge in [0, 0.05) is 14.2 Å². The van der Waals surface area contributed by atoms with E-state index < -0.39 is 8.24 Å². The molecular formula is C10H17NO2Si. The highest BCUT2D eigenvalue weighted by Crippen LogP contribution is 2.06. The van der Waals surface area contributed by atoms with Crippen molar-refractivity contribution in [2.24, 2.45) is 5.40 Å². The van der Waals surface area contributed by atoms with Crippen molar-refractivity contribution in [3.8, 4) is 0 Å². The van der Waals surface area contributed by atoms with E-state index in [0.717, 1.165) is 5.19 Å². The third-order valence-electron chi connectivity index (χ3n) is 2.31. The Bertz CT molecular complexity index is 273. The summed E-state index contributed by atoms with van der Waals surface area (Å²) >= 11 is 0. The molecule has 1 aromatic carbocycles. The standard InChI is InChI=1S/C10H17NO2Si/c1-12-10(13-2)14(3,11)9-7-5-4-6-8-9/h4-8,10H,11H2,1-3H3. The van der Waals surface area contributed by atoms with Crippen LogP contribution in [0.4, 0.5) is 0 Å². The smallest absolute Gasteiger partial charge is 0.216 e. The molecule has 3 nitrogen and oxygen atoms in total. The van der Waals surface area contributed by atoms with Crippen molar-refractivity contribution in [1.82, 2.24) is 0 Å². The summed E-state index contributed by atoms with van der Waals surface area (Å²) in [6, 6.07) is 9.99. The number of hydrogen-bond acceptors (Lipinski definition) is 3. The zero-order valence-corrected chi connectivity index (χ0v) is 9.86. The molecule has 1 unspecified atom stereocenters. The van der Waals surface area contributed by atoms with Gasteiger partial charge in [0.05, 0.1) is 0 Å². The van der Waals surface area contributed by atoms with Gasteiger partial charge in [-0.15, -0.1) is 0 Å². The van der Waals surface area contributed by atoms with Crippen LogP contribution in [0.25, 0.3) is 0 Å². The lowest BCUT2D eigenvalue weighted by atomic mass is 10.4. The molecule has 0 fully saturated rings. The molecule has 0 amide bonds. The molecule has 2 N–H and O–H groups in total. The van der Waals surface area contributed by atoms with Gasteiger partial charge in [0.25, 0.3) is 0 Å². The maximum Gasteiger partial charge on any atom is 0.216 e. The first-order chi connectivity index (χ1) is 6.62. The lowest BCUT2D eigenvalue weighted by Gasteiger charge is -2.29. The lowest BCUT2D eigenvalue weighted by molar-refractivity contribution is -0.0493. The topological polar surface area (TPSA) is 44.5 Å². The fourth-order valence-corrected chi connectivity index (χ4v) is 3.68. The summed E-state index contributed by atoms with van der Waals surface area (Å²) < 4.78 is 10.5.